The predicted octanol–water partition coefficient (Wildman–Crippen LogP) is 2.86. The van der Waals surface area contributed by atoms with Crippen molar-refractivity contribution in [2.24, 2.45) is 0 Å². The molecule has 0 bridgehead atoms. The van der Waals surface area contributed by atoms with Crippen LogP contribution in [0.3, 0.4) is 0 Å². The highest BCUT2D eigenvalue weighted by atomic mass is 35.5. The Bertz CT molecular complexity index is 700. The number of ether oxygens (including phenoxy) is 1. The molecule has 6 heteroatoms. The number of aromatic nitrogens is 2. The smallest absolute Gasteiger partial charge is 0.273 e. The topological polar surface area (TPSA) is 44.1 Å². The Morgan fingerprint density at radius 1 is 1.35 bits per heavy atom. The third-order valence-electron chi connectivity index (χ3n) is 3.40. The van der Waals surface area contributed by atoms with Gasteiger partial charge < -0.3 is 4.74 Å². The Balaban J connectivity index is 1.94. The first-order valence-electron chi connectivity index (χ1n) is 6.26. The van der Waals surface area contributed by atoms with Crippen LogP contribution < -0.4 is 5.56 Å². The van der Waals surface area contributed by atoms with Crippen molar-refractivity contribution in [3.05, 3.63) is 62.2 Å². The molecule has 1 aliphatic rings. The molecule has 0 saturated carbocycles. The second-order valence-corrected chi connectivity index (χ2v) is 5.35. The summed E-state index contributed by atoms with van der Waals surface area (Å²) in [6, 6.07) is 8.08. The van der Waals surface area contributed by atoms with Gasteiger partial charge in [0.15, 0.2) is 5.15 Å². The van der Waals surface area contributed by atoms with Gasteiger partial charge in [0, 0.05) is 0 Å². The highest BCUT2D eigenvalue weighted by Crippen LogP contribution is 2.28. The van der Waals surface area contributed by atoms with E-state index < -0.39 is 0 Å². The molecular weight excluding hydrogens is 299 g/mol. The molecule has 0 N–H and O–H groups in total. The molecule has 0 amide bonds. The monoisotopic (exact) mass is 310 g/mol. The van der Waals surface area contributed by atoms with Gasteiger partial charge in [0.1, 0.15) is 11.1 Å². The summed E-state index contributed by atoms with van der Waals surface area (Å²) in [5.74, 6) is 0. The molecule has 1 aromatic heterocycles. The first-order valence-corrected chi connectivity index (χ1v) is 7.02. The van der Waals surface area contributed by atoms with Crippen LogP contribution in [0.5, 0.6) is 0 Å². The van der Waals surface area contributed by atoms with E-state index in [4.69, 9.17) is 27.9 Å². The van der Waals surface area contributed by atoms with Crippen molar-refractivity contribution in [2.75, 3.05) is 6.61 Å². The van der Waals surface area contributed by atoms with E-state index in [1.165, 1.54) is 16.5 Å². The highest BCUT2D eigenvalue weighted by molar-refractivity contribution is 6.40. The number of fused-ring (bicyclic) bond motifs is 1. The minimum atomic E-state index is -0.349. The molecule has 4 nitrogen and oxygen atoms in total. The quantitative estimate of drug-likeness (QED) is 0.801. The summed E-state index contributed by atoms with van der Waals surface area (Å²) in [4.78, 5) is 15.9. The van der Waals surface area contributed by atoms with Crippen molar-refractivity contribution in [1.82, 2.24) is 9.55 Å². The number of halogens is 2. The zero-order valence-electron chi connectivity index (χ0n) is 10.6. The summed E-state index contributed by atoms with van der Waals surface area (Å²) < 4.78 is 7.20. The van der Waals surface area contributed by atoms with Gasteiger partial charge in [0.05, 0.1) is 19.5 Å². The summed E-state index contributed by atoms with van der Waals surface area (Å²) in [5.41, 5.74) is 2.01. The SMILES string of the molecule is O=c1c(Cl)c(Cl)ncn1CC1OCCc2ccccc21. The molecule has 1 aliphatic heterocycles. The van der Waals surface area contributed by atoms with Gasteiger partial charge in [-0.15, -0.1) is 0 Å². The van der Waals surface area contributed by atoms with Gasteiger partial charge in [-0.05, 0) is 17.5 Å². The van der Waals surface area contributed by atoms with Crippen molar-refractivity contribution in [1.29, 1.82) is 0 Å². The summed E-state index contributed by atoms with van der Waals surface area (Å²) in [7, 11) is 0. The first-order chi connectivity index (χ1) is 9.66. The number of hydrogen-bond donors (Lipinski definition) is 0. The highest BCUT2D eigenvalue weighted by Gasteiger charge is 2.21. The van der Waals surface area contributed by atoms with E-state index in [1.54, 1.807) is 0 Å². The Morgan fingerprint density at radius 2 is 2.15 bits per heavy atom. The zero-order valence-corrected chi connectivity index (χ0v) is 12.1. The summed E-state index contributed by atoms with van der Waals surface area (Å²) in [5, 5.41) is -0.0314. The maximum Gasteiger partial charge on any atom is 0.273 e. The molecule has 20 heavy (non-hydrogen) atoms. The third kappa shape index (κ3) is 2.46. The number of hydrogen-bond acceptors (Lipinski definition) is 3. The van der Waals surface area contributed by atoms with Gasteiger partial charge in [0.25, 0.3) is 5.56 Å². The Labute approximate surface area is 125 Å². The van der Waals surface area contributed by atoms with Crippen LogP contribution in [0.1, 0.15) is 17.2 Å². The molecule has 3 rings (SSSR count). The molecule has 0 fully saturated rings. The van der Waals surface area contributed by atoms with Gasteiger partial charge in [-0.3, -0.25) is 9.36 Å². The minimum Gasteiger partial charge on any atom is -0.371 e. The van der Waals surface area contributed by atoms with Gasteiger partial charge in [-0.2, -0.15) is 0 Å². The first kappa shape index (κ1) is 13.6. The molecule has 2 aromatic rings. The molecule has 2 heterocycles. The van der Waals surface area contributed by atoms with Gasteiger partial charge >= 0.3 is 0 Å². The Kier molecular flexibility index (Phi) is 3.78. The van der Waals surface area contributed by atoms with E-state index >= 15 is 0 Å². The number of benzene rings is 1. The van der Waals surface area contributed by atoms with E-state index in [1.807, 2.05) is 18.2 Å². The second-order valence-electron chi connectivity index (χ2n) is 4.62. The standard InChI is InChI=1S/C14H12Cl2N2O2/c15-12-13(16)17-8-18(14(12)19)7-11-10-4-2-1-3-9(10)5-6-20-11/h1-4,8,11H,5-7H2. The molecule has 1 aromatic carbocycles. The summed E-state index contributed by atoms with van der Waals surface area (Å²) >= 11 is 11.6. The van der Waals surface area contributed by atoms with Crippen LogP contribution in [-0.2, 0) is 17.7 Å². The van der Waals surface area contributed by atoms with Crippen molar-refractivity contribution >= 4 is 23.2 Å². The largest absolute Gasteiger partial charge is 0.371 e. The van der Waals surface area contributed by atoms with Crippen LogP contribution in [0.15, 0.2) is 35.4 Å². The zero-order chi connectivity index (χ0) is 14.1. The molecule has 0 spiro atoms. The van der Waals surface area contributed by atoms with Crippen molar-refractivity contribution < 1.29 is 4.74 Å². The van der Waals surface area contributed by atoms with Crippen LogP contribution in [-0.4, -0.2) is 16.2 Å². The Morgan fingerprint density at radius 3 is 3.00 bits per heavy atom. The lowest BCUT2D eigenvalue weighted by Gasteiger charge is -2.26. The van der Waals surface area contributed by atoms with Gasteiger partial charge in [-0.25, -0.2) is 4.98 Å². The van der Waals surface area contributed by atoms with Crippen LogP contribution in [0.2, 0.25) is 10.2 Å². The van der Waals surface area contributed by atoms with Gasteiger partial charge in [-0.1, -0.05) is 47.5 Å². The molecular formula is C14H12Cl2N2O2. The van der Waals surface area contributed by atoms with E-state index in [-0.39, 0.29) is 21.8 Å². The van der Waals surface area contributed by atoms with E-state index in [2.05, 4.69) is 11.1 Å². The van der Waals surface area contributed by atoms with Crippen molar-refractivity contribution in [3.63, 3.8) is 0 Å². The van der Waals surface area contributed by atoms with Crippen LogP contribution in [0.4, 0.5) is 0 Å². The fraction of sp³-hybridized carbons (Fsp3) is 0.286. The Hall–Kier alpha value is -1.36. The molecule has 1 atom stereocenters. The fourth-order valence-electron chi connectivity index (χ4n) is 2.38. The molecule has 104 valence electrons. The second kappa shape index (κ2) is 5.56. The molecule has 0 radical (unpaired) electrons. The van der Waals surface area contributed by atoms with Gasteiger partial charge in [0.2, 0.25) is 0 Å². The molecule has 0 saturated heterocycles. The van der Waals surface area contributed by atoms with Crippen LogP contribution >= 0.6 is 23.2 Å². The van der Waals surface area contributed by atoms with E-state index in [0.29, 0.717) is 13.2 Å². The maximum atomic E-state index is 12.0. The molecule has 0 aliphatic carbocycles. The van der Waals surface area contributed by atoms with E-state index in [0.717, 1.165) is 12.0 Å². The van der Waals surface area contributed by atoms with Crippen molar-refractivity contribution in [3.8, 4) is 0 Å². The predicted molar refractivity (Wildman–Crippen MR) is 77.4 cm³/mol. The van der Waals surface area contributed by atoms with Crippen LogP contribution in [0, 0.1) is 0 Å². The average Bonchev–Trinajstić information content (AvgIpc) is 2.48. The lowest BCUT2D eigenvalue weighted by atomic mass is 9.97. The normalized spacial score (nSPS) is 17.8. The van der Waals surface area contributed by atoms with Crippen molar-refractivity contribution in [2.45, 2.75) is 19.1 Å². The fourth-order valence-corrected chi connectivity index (χ4v) is 2.66. The summed E-state index contributed by atoms with van der Waals surface area (Å²) in [6.07, 6.45) is 2.12. The lowest BCUT2D eigenvalue weighted by molar-refractivity contribution is 0.0297. The average molecular weight is 311 g/mol. The minimum absolute atomic E-state index is 0.0258. The third-order valence-corrected chi connectivity index (χ3v) is 4.12. The summed E-state index contributed by atoms with van der Waals surface area (Å²) in [6.45, 7) is 1.02. The van der Waals surface area contributed by atoms with Crippen LogP contribution in [0.25, 0.3) is 0 Å². The van der Waals surface area contributed by atoms with E-state index in [9.17, 15) is 4.79 Å². The maximum absolute atomic E-state index is 12.0. The number of nitrogens with zero attached hydrogens (tertiary/aromatic N) is 2. The molecule has 1 unspecified atom stereocenters. The number of rotatable bonds is 2. The lowest BCUT2D eigenvalue weighted by Crippen LogP contribution is -2.27.